The quantitative estimate of drug-likeness (QED) is 0.561. The fourth-order valence-corrected chi connectivity index (χ4v) is 1.07. The van der Waals surface area contributed by atoms with Crippen LogP contribution in [0.5, 0.6) is 0 Å². The number of benzene rings is 1. The van der Waals surface area contributed by atoms with Crippen LogP contribution in [0.2, 0.25) is 0 Å². The van der Waals surface area contributed by atoms with Gasteiger partial charge in [0.1, 0.15) is 17.2 Å². The minimum atomic E-state index is -0.252. The highest BCUT2D eigenvalue weighted by Crippen LogP contribution is 2.19. The number of fused-ring (bicyclic) bond motifs is 1. The van der Waals surface area contributed by atoms with Gasteiger partial charge in [0, 0.05) is 12.3 Å². The Balaban J connectivity index is 2.82. The second-order valence-electron chi connectivity index (χ2n) is 2.39. The molecule has 0 saturated heterocycles. The first-order valence-corrected chi connectivity index (χ1v) is 3.27. The van der Waals surface area contributed by atoms with E-state index >= 15 is 0 Å². The first-order valence-electron chi connectivity index (χ1n) is 3.27. The molecule has 1 radical (unpaired) electrons. The maximum absolute atomic E-state index is 12.6. The van der Waals surface area contributed by atoms with Gasteiger partial charge in [0.05, 0.1) is 0 Å². The van der Waals surface area contributed by atoms with Gasteiger partial charge in [0.2, 0.25) is 0 Å². The van der Waals surface area contributed by atoms with E-state index in [1.807, 2.05) is 0 Å². The Hall–Kier alpha value is -1.31. The zero-order valence-corrected chi connectivity index (χ0v) is 5.80. The second kappa shape index (κ2) is 2.09. The van der Waals surface area contributed by atoms with E-state index in [2.05, 4.69) is 6.92 Å². The molecule has 0 atom stereocenters. The first kappa shape index (κ1) is 6.40. The van der Waals surface area contributed by atoms with E-state index in [9.17, 15) is 4.39 Å². The van der Waals surface area contributed by atoms with Crippen LogP contribution in [0, 0.1) is 12.7 Å². The normalized spacial score (nSPS) is 10.7. The molecule has 0 aliphatic rings. The topological polar surface area (TPSA) is 13.1 Å². The third-order valence-corrected chi connectivity index (χ3v) is 1.53. The van der Waals surface area contributed by atoms with Crippen molar-refractivity contribution >= 4 is 11.0 Å². The van der Waals surface area contributed by atoms with E-state index in [-0.39, 0.29) is 5.82 Å². The van der Waals surface area contributed by atoms with Gasteiger partial charge in [0.25, 0.3) is 0 Å². The smallest absolute Gasteiger partial charge is 0.134 e. The van der Waals surface area contributed by atoms with E-state index < -0.39 is 0 Å². The van der Waals surface area contributed by atoms with Crippen molar-refractivity contribution in [2.24, 2.45) is 0 Å². The highest BCUT2D eigenvalue weighted by molar-refractivity contribution is 5.77. The molecule has 11 heavy (non-hydrogen) atoms. The molecule has 2 aromatic rings. The molecule has 1 nitrogen and oxygen atoms in total. The molecule has 2 rings (SSSR count). The molecule has 1 aromatic heterocycles. The third kappa shape index (κ3) is 1.00. The molecule has 55 valence electrons. The van der Waals surface area contributed by atoms with Crippen molar-refractivity contribution in [1.29, 1.82) is 0 Å². The standard InChI is InChI=1S/C9H6FO/c1-6-4-7-5-8(10)2-3-9(7)11-6/h2-5H,1H2. The van der Waals surface area contributed by atoms with Crippen LogP contribution in [0.1, 0.15) is 5.76 Å². The summed E-state index contributed by atoms with van der Waals surface area (Å²) in [5.74, 6) is 0.309. The van der Waals surface area contributed by atoms with Gasteiger partial charge in [-0.15, -0.1) is 0 Å². The maximum atomic E-state index is 12.6. The highest BCUT2D eigenvalue weighted by Gasteiger charge is 1.99. The number of hydrogen-bond donors (Lipinski definition) is 0. The Morgan fingerprint density at radius 2 is 2.09 bits per heavy atom. The predicted molar refractivity (Wildman–Crippen MR) is 40.6 cm³/mol. The van der Waals surface area contributed by atoms with Crippen molar-refractivity contribution in [2.75, 3.05) is 0 Å². The second-order valence-corrected chi connectivity index (χ2v) is 2.39. The average molecular weight is 149 g/mol. The van der Waals surface area contributed by atoms with Crippen molar-refractivity contribution < 1.29 is 8.81 Å². The van der Waals surface area contributed by atoms with Crippen molar-refractivity contribution in [3.63, 3.8) is 0 Å². The number of halogens is 1. The molecule has 2 heteroatoms. The Labute approximate surface area is 63.4 Å². The Morgan fingerprint density at radius 3 is 2.91 bits per heavy atom. The number of rotatable bonds is 0. The van der Waals surface area contributed by atoms with Gasteiger partial charge in [0.15, 0.2) is 0 Å². The lowest BCUT2D eigenvalue weighted by Crippen LogP contribution is -1.68. The largest absolute Gasteiger partial charge is 0.461 e. The molecule has 0 aliphatic carbocycles. The monoisotopic (exact) mass is 149 g/mol. The lowest BCUT2D eigenvalue weighted by Gasteiger charge is -1.86. The van der Waals surface area contributed by atoms with Gasteiger partial charge in [-0.25, -0.2) is 4.39 Å². The summed E-state index contributed by atoms with van der Waals surface area (Å²) < 4.78 is 17.7. The summed E-state index contributed by atoms with van der Waals surface area (Å²) in [4.78, 5) is 0. The van der Waals surface area contributed by atoms with Crippen molar-refractivity contribution in [2.45, 2.75) is 0 Å². The van der Waals surface area contributed by atoms with Gasteiger partial charge in [-0.1, -0.05) is 0 Å². The third-order valence-electron chi connectivity index (χ3n) is 1.53. The van der Waals surface area contributed by atoms with Crippen molar-refractivity contribution in [1.82, 2.24) is 0 Å². The summed E-state index contributed by atoms with van der Waals surface area (Å²) in [6.07, 6.45) is 0. The Kier molecular flexibility index (Phi) is 1.22. The molecule has 0 unspecified atom stereocenters. The minimum absolute atomic E-state index is 0.252. The van der Waals surface area contributed by atoms with Crippen LogP contribution >= 0.6 is 0 Å². The molecule has 1 heterocycles. The van der Waals surface area contributed by atoms with E-state index in [0.717, 1.165) is 5.39 Å². The van der Waals surface area contributed by atoms with Crippen LogP contribution < -0.4 is 0 Å². The van der Waals surface area contributed by atoms with Gasteiger partial charge in [-0.05, 0) is 24.3 Å². The predicted octanol–water partition coefficient (Wildman–Crippen LogP) is 2.75. The first-order chi connectivity index (χ1) is 5.25. The van der Waals surface area contributed by atoms with Crippen LogP contribution in [0.15, 0.2) is 28.7 Å². The van der Waals surface area contributed by atoms with Gasteiger partial charge < -0.3 is 4.42 Å². The SMILES string of the molecule is [CH2]c1cc2cc(F)ccc2o1. The Morgan fingerprint density at radius 1 is 1.27 bits per heavy atom. The summed E-state index contributed by atoms with van der Waals surface area (Å²) >= 11 is 0. The molecular weight excluding hydrogens is 143 g/mol. The zero-order chi connectivity index (χ0) is 7.84. The summed E-state index contributed by atoms with van der Waals surface area (Å²) in [5.41, 5.74) is 0.677. The summed E-state index contributed by atoms with van der Waals surface area (Å²) in [5, 5.41) is 0.759. The molecule has 0 N–H and O–H groups in total. The lowest BCUT2D eigenvalue weighted by atomic mass is 10.2. The molecule has 1 aromatic carbocycles. The van der Waals surface area contributed by atoms with Crippen LogP contribution in [-0.4, -0.2) is 0 Å². The van der Waals surface area contributed by atoms with E-state index in [1.165, 1.54) is 12.1 Å². The minimum Gasteiger partial charge on any atom is -0.461 e. The molecule has 0 bridgehead atoms. The fraction of sp³-hybridized carbons (Fsp3) is 0. The molecule has 0 fully saturated rings. The molecule has 0 saturated carbocycles. The van der Waals surface area contributed by atoms with Gasteiger partial charge in [-0.3, -0.25) is 0 Å². The van der Waals surface area contributed by atoms with E-state index in [4.69, 9.17) is 4.42 Å². The molecular formula is C9H6FO. The van der Waals surface area contributed by atoms with Crippen LogP contribution in [0.4, 0.5) is 4.39 Å². The van der Waals surface area contributed by atoms with E-state index in [0.29, 0.717) is 11.3 Å². The fourth-order valence-electron chi connectivity index (χ4n) is 1.07. The maximum Gasteiger partial charge on any atom is 0.134 e. The van der Waals surface area contributed by atoms with Crippen LogP contribution in [0.25, 0.3) is 11.0 Å². The van der Waals surface area contributed by atoms with Gasteiger partial charge >= 0.3 is 0 Å². The lowest BCUT2D eigenvalue weighted by molar-refractivity contribution is 0.592. The van der Waals surface area contributed by atoms with E-state index in [1.54, 1.807) is 12.1 Å². The number of hydrogen-bond acceptors (Lipinski definition) is 1. The summed E-state index contributed by atoms with van der Waals surface area (Å²) in [6.45, 7) is 3.60. The average Bonchev–Trinajstić information content (AvgIpc) is 2.27. The van der Waals surface area contributed by atoms with Crippen LogP contribution in [-0.2, 0) is 0 Å². The summed E-state index contributed by atoms with van der Waals surface area (Å²) in [6, 6.07) is 6.09. The van der Waals surface area contributed by atoms with Crippen molar-refractivity contribution in [3.8, 4) is 0 Å². The molecule has 0 spiro atoms. The van der Waals surface area contributed by atoms with Crippen LogP contribution in [0.3, 0.4) is 0 Å². The summed E-state index contributed by atoms with van der Waals surface area (Å²) in [7, 11) is 0. The Bertz CT molecular complexity index is 389. The molecule has 0 amide bonds. The van der Waals surface area contributed by atoms with Crippen molar-refractivity contribution in [3.05, 3.63) is 42.8 Å². The zero-order valence-electron chi connectivity index (χ0n) is 5.80. The highest BCUT2D eigenvalue weighted by atomic mass is 19.1. The molecule has 0 aliphatic heterocycles. The van der Waals surface area contributed by atoms with Gasteiger partial charge in [-0.2, -0.15) is 0 Å². The number of furan rings is 1.